The van der Waals surface area contributed by atoms with Gasteiger partial charge in [0.25, 0.3) is 0 Å². The van der Waals surface area contributed by atoms with Crippen molar-refractivity contribution in [3.05, 3.63) is 17.7 Å². The third kappa shape index (κ3) is 2.31. The highest BCUT2D eigenvalue weighted by Gasteiger charge is 2.28. The van der Waals surface area contributed by atoms with E-state index in [1.54, 1.807) is 0 Å². The fourth-order valence-electron chi connectivity index (χ4n) is 1.90. The van der Waals surface area contributed by atoms with Gasteiger partial charge in [-0.3, -0.25) is 0 Å². The number of thioether (sulfide) groups is 1. The van der Waals surface area contributed by atoms with Crippen molar-refractivity contribution in [2.24, 2.45) is 0 Å². The van der Waals surface area contributed by atoms with Gasteiger partial charge in [0.1, 0.15) is 0 Å². The molecule has 1 aromatic rings. The smallest absolute Gasteiger partial charge is 0.168 e. The first-order valence-corrected chi connectivity index (χ1v) is 6.55. The van der Waals surface area contributed by atoms with Crippen LogP contribution in [-0.4, -0.2) is 28.6 Å². The summed E-state index contributed by atoms with van der Waals surface area (Å²) in [5.41, 5.74) is 5.39. The van der Waals surface area contributed by atoms with E-state index in [0.717, 1.165) is 11.8 Å². The van der Waals surface area contributed by atoms with Gasteiger partial charge in [-0.05, 0) is 6.92 Å². The van der Waals surface area contributed by atoms with E-state index in [0.29, 0.717) is 11.8 Å². The lowest BCUT2D eigenvalue weighted by molar-refractivity contribution is 0.552. The first-order valence-electron chi connectivity index (χ1n) is 5.50. The van der Waals surface area contributed by atoms with Gasteiger partial charge in [0.05, 0.1) is 0 Å². The lowest BCUT2D eigenvalue weighted by Gasteiger charge is -2.38. The molecule has 2 heterocycles. The van der Waals surface area contributed by atoms with Crippen molar-refractivity contribution in [1.29, 1.82) is 0 Å². The van der Waals surface area contributed by atoms with Crippen LogP contribution in [0.5, 0.6) is 0 Å². The highest BCUT2D eigenvalue weighted by molar-refractivity contribution is 8.00. The number of nitrogens with zero attached hydrogens (tertiary/aromatic N) is 2. The molecule has 0 amide bonds. The van der Waals surface area contributed by atoms with Crippen LogP contribution in [0.15, 0.2) is 6.07 Å². The van der Waals surface area contributed by atoms with Crippen LogP contribution in [0.2, 0.25) is 0 Å². The summed E-state index contributed by atoms with van der Waals surface area (Å²) < 4.78 is 26.8. The first kappa shape index (κ1) is 12.4. The molecule has 0 aliphatic carbocycles. The van der Waals surface area contributed by atoms with Crippen LogP contribution in [0, 0.1) is 11.6 Å². The molecule has 0 saturated carbocycles. The van der Waals surface area contributed by atoms with Crippen molar-refractivity contribution in [2.45, 2.75) is 25.1 Å². The number of rotatable bonds is 1. The zero-order valence-electron chi connectivity index (χ0n) is 9.78. The lowest BCUT2D eigenvalue weighted by Crippen LogP contribution is -2.45. The molecule has 3 nitrogen and oxygen atoms in total. The van der Waals surface area contributed by atoms with Gasteiger partial charge in [-0.2, -0.15) is 11.8 Å². The topological polar surface area (TPSA) is 42.2 Å². The summed E-state index contributed by atoms with van der Waals surface area (Å²) in [5.74, 6) is -0.645. The Morgan fingerprint density at radius 3 is 2.82 bits per heavy atom. The number of hydrogen-bond acceptors (Lipinski definition) is 4. The molecule has 1 fully saturated rings. The van der Waals surface area contributed by atoms with E-state index in [2.05, 4.69) is 11.9 Å². The van der Waals surface area contributed by atoms with Crippen molar-refractivity contribution in [3.63, 3.8) is 0 Å². The van der Waals surface area contributed by atoms with Crippen molar-refractivity contribution >= 4 is 23.4 Å². The van der Waals surface area contributed by atoms with E-state index in [1.807, 2.05) is 23.6 Å². The first-order chi connectivity index (χ1) is 8.00. The number of nitrogen functional groups attached to an aromatic ring is 1. The Bertz CT molecular complexity index is 427. The Labute approximate surface area is 103 Å². The molecule has 2 N–H and O–H groups in total. The number of anilines is 2. The Morgan fingerprint density at radius 1 is 1.41 bits per heavy atom. The fraction of sp³-hybridized carbons (Fsp3) is 0.545. The van der Waals surface area contributed by atoms with Crippen molar-refractivity contribution < 1.29 is 8.78 Å². The Kier molecular flexibility index (Phi) is 3.42. The van der Waals surface area contributed by atoms with Gasteiger partial charge in [0.2, 0.25) is 0 Å². The zero-order valence-corrected chi connectivity index (χ0v) is 10.6. The molecule has 0 radical (unpaired) electrons. The van der Waals surface area contributed by atoms with Crippen molar-refractivity contribution in [3.8, 4) is 0 Å². The molecule has 0 aromatic carbocycles. The van der Waals surface area contributed by atoms with E-state index in [4.69, 9.17) is 5.73 Å². The minimum absolute atomic E-state index is 0.153. The van der Waals surface area contributed by atoms with Gasteiger partial charge in [0, 0.05) is 29.7 Å². The van der Waals surface area contributed by atoms with E-state index >= 15 is 0 Å². The van der Waals surface area contributed by atoms with Gasteiger partial charge >= 0.3 is 0 Å². The zero-order chi connectivity index (χ0) is 12.6. The van der Waals surface area contributed by atoms with Crippen LogP contribution in [0.25, 0.3) is 0 Å². The maximum atomic E-state index is 13.7. The summed E-state index contributed by atoms with van der Waals surface area (Å²) in [4.78, 5) is 5.68. The number of aromatic nitrogens is 1. The second kappa shape index (κ2) is 4.68. The van der Waals surface area contributed by atoms with Gasteiger partial charge < -0.3 is 10.6 Å². The molecular formula is C11H15F2N3S. The second-order valence-corrected chi connectivity index (χ2v) is 5.66. The maximum Gasteiger partial charge on any atom is 0.168 e. The molecule has 0 bridgehead atoms. The number of pyridine rings is 1. The molecule has 17 heavy (non-hydrogen) atoms. The molecule has 0 spiro atoms. The Morgan fingerprint density at radius 2 is 2.12 bits per heavy atom. The van der Waals surface area contributed by atoms with E-state index in [1.165, 1.54) is 0 Å². The molecule has 2 atom stereocenters. The van der Waals surface area contributed by atoms with Crippen LogP contribution in [0.3, 0.4) is 0 Å². The summed E-state index contributed by atoms with van der Waals surface area (Å²) >= 11 is 1.84. The number of halogens is 2. The minimum atomic E-state index is -0.807. The van der Waals surface area contributed by atoms with Gasteiger partial charge in [-0.25, -0.2) is 13.8 Å². The van der Waals surface area contributed by atoms with Crippen molar-refractivity contribution in [1.82, 2.24) is 4.98 Å². The molecule has 1 saturated heterocycles. The summed E-state index contributed by atoms with van der Waals surface area (Å²) in [5, 5.41) is 0.385. The lowest BCUT2D eigenvalue weighted by atomic mass is 10.2. The van der Waals surface area contributed by atoms with Crippen LogP contribution in [0.1, 0.15) is 13.8 Å². The third-order valence-corrected chi connectivity index (χ3v) is 4.43. The quantitative estimate of drug-likeness (QED) is 0.840. The Hall–Kier alpha value is -1.04. The van der Waals surface area contributed by atoms with E-state index in [-0.39, 0.29) is 17.7 Å². The number of hydrogen-bond donors (Lipinski definition) is 1. The highest BCUT2D eigenvalue weighted by Crippen LogP contribution is 2.30. The standard InChI is InChI=1S/C11H15F2N3S/c1-6-7(2)17-4-3-16(6)11-9(13)5-8(12)10(14)15-11/h5-7H,3-4H2,1-2H3,(H2,14,15). The summed E-state index contributed by atoms with van der Waals surface area (Å²) in [7, 11) is 0. The number of nitrogens with two attached hydrogens (primary N) is 1. The molecule has 1 aliphatic heterocycles. The van der Waals surface area contributed by atoms with Crippen LogP contribution in [0.4, 0.5) is 20.4 Å². The van der Waals surface area contributed by atoms with E-state index in [9.17, 15) is 8.78 Å². The molecular weight excluding hydrogens is 244 g/mol. The van der Waals surface area contributed by atoms with E-state index < -0.39 is 11.6 Å². The van der Waals surface area contributed by atoms with Gasteiger partial charge in [-0.15, -0.1) is 0 Å². The summed E-state index contributed by atoms with van der Waals surface area (Å²) in [6.45, 7) is 4.80. The third-order valence-electron chi connectivity index (χ3n) is 3.09. The average molecular weight is 259 g/mol. The molecule has 1 aromatic heterocycles. The van der Waals surface area contributed by atoms with Gasteiger partial charge in [0.15, 0.2) is 23.3 Å². The molecule has 1 aliphatic rings. The second-order valence-electron chi connectivity index (χ2n) is 4.17. The SMILES string of the molecule is CC1SCCN(c2nc(N)c(F)cc2F)C1C. The monoisotopic (exact) mass is 259 g/mol. The molecule has 2 rings (SSSR count). The molecule has 94 valence electrons. The highest BCUT2D eigenvalue weighted by atomic mass is 32.2. The van der Waals surface area contributed by atoms with Crippen LogP contribution >= 0.6 is 11.8 Å². The predicted octanol–water partition coefficient (Wildman–Crippen LogP) is 2.27. The minimum Gasteiger partial charge on any atom is -0.381 e. The molecule has 6 heteroatoms. The summed E-state index contributed by atoms with van der Waals surface area (Å²) in [6.07, 6.45) is 0. The predicted molar refractivity (Wildman–Crippen MR) is 67.3 cm³/mol. The largest absolute Gasteiger partial charge is 0.381 e. The fourth-order valence-corrected chi connectivity index (χ4v) is 3.00. The van der Waals surface area contributed by atoms with Crippen molar-refractivity contribution in [2.75, 3.05) is 22.9 Å². The Balaban J connectivity index is 2.36. The van der Waals surface area contributed by atoms with Crippen LogP contribution < -0.4 is 10.6 Å². The normalized spacial score (nSPS) is 25.1. The van der Waals surface area contributed by atoms with Crippen LogP contribution in [-0.2, 0) is 0 Å². The van der Waals surface area contributed by atoms with Gasteiger partial charge in [-0.1, -0.05) is 6.92 Å². The average Bonchev–Trinajstić information content (AvgIpc) is 2.28. The summed E-state index contributed by atoms with van der Waals surface area (Å²) in [6, 6.07) is 0.956. The molecule has 2 unspecified atom stereocenters. The maximum absolute atomic E-state index is 13.7.